The third-order valence-electron chi connectivity index (χ3n) is 1.46. The molecule has 0 fully saturated rings. The summed E-state index contributed by atoms with van der Waals surface area (Å²) in [4.78, 5) is 6.94. The Kier molecular flexibility index (Phi) is 3.67. The highest BCUT2D eigenvalue weighted by molar-refractivity contribution is 7.98. The van der Waals surface area contributed by atoms with Gasteiger partial charge in [-0.1, -0.05) is 23.4 Å². The van der Waals surface area contributed by atoms with E-state index in [2.05, 4.69) is 14.7 Å². The van der Waals surface area contributed by atoms with E-state index in [9.17, 15) is 13.2 Å². The van der Waals surface area contributed by atoms with Crippen molar-refractivity contribution in [2.45, 2.75) is 11.3 Å². The first kappa shape index (κ1) is 12.4. The molecule has 1 aromatic heterocycles. The van der Waals surface area contributed by atoms with Crippen LogP contribution in [-0.2, 0) is 6.18 Å². The molecule has 1 heterocycles. The van der Waals surface area contributed by atoms with Gasteiger partial charge in [0.25, 0.3) is 0 Å². The highest BCUT2D eigenvalue weighted by atomic mass is 35.5. The lowest BCUT2D eigenvalue weighted by Crippen LogP contribution is -2.12. The van der Waals surface area contributed by atoms with Gasteiger partial charge < -0.3 is 4.74 Å². The van der Waals surface area contributed by atoms with Crippen molar-refractivity contribution in [1.29, 1.82) is 0 Å². The van der Waals surface area contributed by atoms with Crippen LogP contribution in [0.5, 0.6) is 5.75 Å². The number of hydrogen-bond acceptors (Lipinski definition) is 4. The van der Waals surface area contributed by atoms with Crippen LogP contribution in [0.15, 0.2) is 5.16 Å². The Morgan fingerprint density at radius 1 is 1.33 bits per heavy atom. The van der Waals surface area contributed by atoms with Gasteiger partial charge in [0.2, 0.25) is 0 Å². The van der Waals surface area contributed by atoms with Crippen molar-refractivity contribution >= 4 is 23.4 Å². The zero-order chi connectivity index (χ0) is 11.6. The molecule has 0 radical (unpaired) electrons. The summed E-state index contributed by atoms with van der Waals surface area (Å²) in [5.74, 6) is -0.554. The van der Waals surface area contributed by atoms with Gasteiger partial charge in [-0.15, -0.1) is 0 Å². The van der Waals surface area contributed by atoms with Crippen molar-refractivity contribution in [3.63, 3.8) is 0 Å². The van der Waals surface area contributed by atoms with Crippen molar-refractivity contribution in [1.82, 2.24) is 9.97 Å². The lowest BCUT2D eigenvalue weighted by molar-refractivity contribution is -0.142. The molecule has 0 saturated carbocycles. The van der Waals surface area contributed by atoms with Gasteiger partial charge in [0.05, 0.1) is 7.11 Å². The first-order valence-corrected chi connectivity index (χ1v) is 5.23. The first-order chi connectivity index (χ1) is 6.90. The molecule has 0 unspecified atom stereocenters. The van der Waals surface area contributed by atoms with E-state index < -0.39 is 17.6 Å². The Labute approximate surface area is 93.0 Å². The molecule has 0 aliphatic heterocycles. The average molecular weight is 259 g/mol. The second kappa shape index (κ2) is 4.44. The van der Waals surface area contributed by atoms with Crippen LogP contribution in [0, 0.1) is 0 Å². The number of aromatic nitrogens is 2. The lowest BCUT2D eigenvalue weighted by atomic mass is 10.3. The fourth-order valence-electron chi connectivity index (χ4n) is 0.868. The molecule has 0 aliphatic carbocycles. The summed E-state index contributed by atoms with van der Waals surface area (Å²) in [6.45, 7) is 0. The molecule has 0 aliphatic rings. The van der Waals surface area contributed by atoms with E-state index in [1.54, 1.807) is 6.26 Å². The molecule has 0 saturated heterocycles. The number of nitrogens with zero attached hydrogens (tertiary/aromatic N) is 2. The maximum atomic E-state index is 12.5. The number of halogens is 4. The van der Waals surface area contributed by atoms with Gasteiger partial charge in [-0.25, -0.2) is 9.97 Å². The SMILES string of the molecule is COc1c(Cl)nc(SC)nc1C(F)(F)F. The number of methoxy groups -OCH3 is 1. The minimum atomic E-state index is -4.61. The van der Waals surface area contributed by atoms with Crippen LogP contribution in [-0.4, -0.2) is 23.3 Å². The summed E-state index contributed by atoms with van der Waals surface area (Å²) in [7, 11) is 1.08. The van der Waals surface area contributed by atoms with Gasteiger partial charge in [-0.2, -0.15) is 13.2 Å². The summed E-state index contributed by atoms with van der Waals surface area (Å²) in [6.07, 6.45) is -3.05. The van der Waals surface area contributed by atoms with Crippen LogP contribution in [0.1, 0.15) is 5.69 Å². The topological polar surface area (TPSA) is 35.0 Å². The number of hydrogen-bond donors (Lipinski definition) is 0. The monoisotopic (exact) mass is 258 g/mol. The van der Waals surface area contributed by atoms with E-state index >= 15 is 0 Å². The van der Waals surface area contributed by atoms with Crippen molar-refractivity contribution in [3.8, 4) is 5.75 Å². The van der Waals surface area contributed by atoms with Gasteiger partial charge >= 0.3 is 6.18 Å². The van der Waals surface area contributed by atoms with Crippen LogP contribution in [0.4, 0.5) is 13.2 Å². The molecule has 0 N–H and O–H groups in total. The molecular weight excluding hydrogens is 253 g/mol. The molecule has 0 amide bonds. The predicted molar refractivity (Wildman–Crippen MR) is 50.4 cm³/mol. The summed E-state index contributed by atoms with van der Waals surface area (Å²) in [5, 5.41) is -0.391. The van der Waals surface area contributed by atoms with E-state index in [0.717, 1.165) is 18.9 Å². The molecule has 3 nitrogen and oxygen atoms in total. The summed E-state index contributed by atoms with van der Waals surface area (Å²) < 4.78 is 42.0. The number of thioether (sulfide) groups is 1. The quantitative estimate of drug-likeness (QED) is 0.464. The zero-order valence-electron chi connectivity index (χ0n) is 7.72. The van der Waals surface area contributed by atoms with E-state index in [0.29, 0.717) is 0 Å². The van der Waals surface area contributed by atoms with Gasteiger partial charge in [0.15, 0.2) is 21.8 Å². The van der Waals surface area contributed by atoms with Crippen LogP contribution >= 0.6 is 23.4 Å². The smallest absolute Gasteiger partial charge is 0.437 e. The van der Waals surface area contributed by atoms with Gasteiger partial charge in [0.1, 0.15) is 0 Å². The van der Waals surface area contributed by atoms with E-state index in [1.807, 2.05) is 0 Å². The lowest BCUT2D eigenvalue weighted by Gasteiger charge is -2.12. The molecule has 1 rings (SSSR count). The second-order valence-electron chi connectivity index (χ2n) is 2.38. The summed E-state index contributed by atoms with van der Waals surface area (Å²) in [5.41, 5.74) is -1.16. The Balaban J connectivity index is 3.39. The Morgan fingerprint density at radius 3 is 2.33 bits per heavy atom. The normalized spacial score (nSPS) is 11.6. The van der Waals surface area contributed by atoms with Crippen LogP contribution < -0.4 is 4.74 Å². The van der Waals surface area contributed by atoms with Crippen molar-refractivity contribution < 1.29 is 17.9 Å². The molecule has 15 heavy (non-hydrogen) atoms. The largest absolute Gasteiger partial charge is 0.491 e. The molecule has 0 aromatic carbocycles. The zero-order valence-corrected chi connectivity index (χ0v) is 9.30. The second-order valence-corrected chi connectivity index (χ2v) is 3.51. The summed E-state index contributed by atoms with van der Waals surface area (Å²) in [6, 6.07) is 0. The minimum Gasteiger partial charge on any atom is -0.491 e. The molecular formula is C7H6ClF3N2OS. The Hall–Kier alpha value is -0.690. The third-order valence-corrected chi connectivity index (χ3v) is 2.26. The summed E-state index contributed by atoms with van der Waals surface area (Å²) >= 11 is 6.50. The van der Waals surface area contributed by atoms with Crippen LogP contribution in [0.2, 0.25) is 5.15 Å². The van der Waals surface area contributed by atoms with Gasteiger partial charge in [-0.3, -0.25) is 0 Å². The maximum Gasteiger partial charge on any atom is 0.437 e. The molecule has 0 spiro atoms. The van der Waals surface area contributed by atoms with Crippen molar-refractivity contribution in [2.75, 3.05) is 13.4 Å². The van der Waals surface area contributed by atoms with Crippen molar-refractivity contribution in [3.05, 3.63) is 10.8 Å². The first-order valence-electron chi connectivity index (χ1n) is 3.63. The van der Waals surface area contributed by atoms with Gasteiger partial charge in [-0.05, 0) is 6.26 Å². The van der Waals surface area contributed by atoms with E-state index in [4.69, 9.17) is 11.6 Å². The maximum absolute atomic E-state index is 12.5. The molecule has 0 bridgehead atoms. The fraction of sp³-hybridized carbons (Fsp3) is 0.429. The van der Waals surface area contributed by atoms with Crippen LogP contribution in [0.25, 0.3) is 0 Å². The predicted octanol–water partition coefficient (Wildman–Crippen LogP) is 2.88. The number of alkyl halides is 3. The molecule has 8 heteroatoms. The molecule has 1 aromatic rings. The highest BCUT2D eigenvalue weighted by Gasteiger charge is 2.38. The highest BCUT2D eigenvalue weighted by Crippen LogP contribution is 2.38. The number of ether oxygens (including phenoxy) is 1. The third kappa shape index (κ3) is 2.66. The Morgan fingerprint density at radius 2 is 1.93 bits per heavy atom. The van der Waals surface area contributed by atoms with Crippen LogP contribution in [0.3, 0.4) is 0 Å². The fourth-order valence-corrected chi connectivity index (χ4v) is 1.53. The molecule has 84 valence electrons. The van der Waals surface area contributed by atoms with Gasteiger partial charge in [0, 0.05) is 0 Å². The standard InChI is InChI=1S/C7H6ClF3N2OS/c1-14-3-4(7(9,10)11)12-6(15-2)13-5(3)8/h1-2H3. The molecule has 0 atom stereocenters. The average Bonchev–Trinajstić information content (AvgIpc) is 2.15. The van der Waals surface area contributed by atoms with Crippen molar-refractivity contribution in [2.24, 2.45) is 0 Å². The van der Waals surface area contributed by atoms with E-state index in [-0.39, 0.29) is 10.3 Å². The van der Waals surface area contributed by atoms with E-state index in [1.165, 1.54) is 0 Å². The Bertz CT molecular complexity index is 372. The minimum absolute atomic E-state index is 0.0480. The number of rotatable bonds is 2.